The van der Waals surface area contributed by atoms with Crippen molar-refractivity contribution in [2.24, 2.45) is 0 Å². The molecule has 36 heavy (non-hydrogen) atoms. The molecule has 1 N–H and O–H groups in total. The molecule has 2 aliphatic heterocycles. The average Bonchev–Trinajstić information content (AvgIpc) is 3.13. The second kappa shape index (κ2) is 11.3. The molecule has 1 aromatic carbocycles. The van der Waals surface area contributed by atoms with E-state index >= 15 is 0 Å². The minimum Gasteiger partial charge on any atom is -0.378 e. The molecule has 1 aromatic heterocycles. The fourth-order valence-corrected chi connectivity index (χ4v) is 4.76. The minimum absolute atomic E-state index is 0.567. The normalized spacial score (nSPS) is 19.0. The smallest absolute Gasteiger partial charge is 0.229 e. The predicted molar refractivity (Wildman–Crippen MR) is 149 cm³/mol. The van der Waals surface area contributed by atoms with Crippen LogP contribution in [0.25, 0.3) is 0 Å². The summed E-state index contributed by atoms with van der Waals surface area (Å²) in [6, 6.07) is 8.62. The maximum absolute atomic E-state index is 6.19. The lowest BCUT2D eigenvalue weighted by Crippen LogP contribution is -2.44. The second-order valence-electron chi connectivity index (χ2n) is 9.36. The maximum atomic E-state index is 6.19. The SMILES string of the molecule is CN1CCN(c2cc(Nc3nccc(N(C)C4=CCC(Cl)=CC=C4)n3)cc(N3CCOCC3)c2)CC1. The van der Waals surface area contributed by atoms with Crippen molar-refractivity contribution >= 4 is 40.4 Å². The van der Waals surface area contributed by atoms with Crippen molar-refractivity contribution in [2.75, 3.05) is 86.6 Å². The van der Waals surface area contributed by atoms with E-state index in [1.165, 1.54) is 11.4 Å². The fraction of sp³-hybridized carbons (Fsp3) is 0.407. The monoisotopic (exact) mass is 507 g/mol. The molecule has 0 amide bonds. The van der Waals surface area contributed by atoms with Gasteiger partial charge in [0.05, 0.1) is 13.2 Å². The largest absolute Gasteiger partial charge is 0.378 e. The van der Waals surface area contributed by atoms with Gasteiger partial charge in [-0.1, -0.05) is 23.8 Å². The summed E-state index contributed by atoms with van der Waals surface area (Å²) in [6.45, 7) is 7.45. The van der Waals surface area contributed by atoms with Gasteiger partial charge in [0.1, 0.15) is 5.82 Å². The van der Waals surface area contributed by atoms with E-state index in [9.17, 15) is 0 Å². The van der Waals surface area contributed by atoms with Crippen molar-refractivity contribution < 1.29 is 4.74 Å². The Morgan fingerprint density at radius 1 is 1.00 bits per heavy atom. The molecule has 0 spiro atoms. The molecule has 0 radical (unpaired) electrons. The van der Waals surface area contributed by atoms with Crippen molar-refractivity contribution in [3.8, 4) is 0 Å². The van der Waals surface area contributed by atoms with Gasteiger partial charge in [-0.2, -0.15) is 4.98 Å². The number of hydrogen-bond acceptors (Lipinski definition) is 8. The standard InChI is InChI=1S/C27H34ClN7O/c1-32-10-12-34(13-11-32)24-18-22(19-25(20-24)35-14-16-36-17-15-35)30-27-29-9-8-26(31-27)33(2)23-5-3-4-21(28)6-7-23/h3-5,7-9,18-20H,6,10-17H2,1-2H3,(H,29,30,31). The van der Waals surface area contributed by atoms with E-state index in [-0.39, 0.29) is 0 Å². The molecule has 1 aliphatic carbocycles. The molecule has 0 atom stereocenters. The molecule has 0 bridgehead atoms. The Hall–Kier alpha value is -3.07. The molecule has 190 valence electrons. The van der Waals surface area contributed by atoms with Gasteiger partial charge in [0, 0.05) is 86.7 Å². The van der Waals surface area contributed by atoms with E-state index < -0.39 is 0 Å². The minimum atomic E-state index is 0.567. The molecule has 3 heterocycles. The summed E-state index contributed by atoms with van der Waals surface area (Å²) < 4.78 is 5.59. The maximum Gasteiger partial charge on any atom is 0.229 e. The molecule has 2 saturated heterocycles. The number of halogens is 1. The quantitative estimate of drug-likeness (QED) is 0.624. The summed E-state index contributed by atoms with van der Waals surface area (Å²) >= 11 is 6.19. The molecule has 2 fully saturated rings. The number of benzene rings is 1. The summed E-state index contributed by atoms with van der Waals surface area (Å²) in [5.74, 6) is 1.38. The van der Waals surface area contributed by atoms with Crippen LogP contribution in [-0.2, 0) is 4.74 Å². The van der Waals surface area contributed by atoms with Gasteiger partial charge in [-0.3, -0.25) is 0 Å². The third-order valence-corrected chi connectivity index (χ3v) is 7.11. The average molecular weight is 508 g/mol. The van der Waals surface area contributed by atoms with Gasteiger partial charge < -0.3 is 29.7 Å². The Bertz CT molecular complexity index is 1150. The van der Waals surface area contributed by atoms with E-state index in [2.05, 4.69) is 56.3 Å². The molecule has 0 saturated carbocycles. The summed E-state index contributed by atoms with van der Waals surface area (Å²) in [5.41, 5.74) is 4.44. The van der Waals surface area contributed by atoms with Crippen molar-refractivity contribution in [3.05, 3.63) is 65.5 Å². The van der Waals surface area contributed by atoms with Crippen LogP contribution in [0.4, 0.5) is 28.8 Å². The molecular weight excluding hydrogens is 474 g/mol. The van der Waals surface area contributed by atoms with E-state index in [0.717, 1.165) is 74.7 Å². The molecule has 5 rings (SSSR count). The van der Waals surface area contributed by atoms with Crippen molar-refractivity contribution in [1.29, 1.82) is 0 Å². The summed E-state index contributed by atoms with van der Waals surface area (Å²) in [7, 11) is 4.19. The lowest BCUT2D eigenvalue weighted by atomic mass is 10.1. The van der Waals surface area contributed by atoms with Crippen LogP contribution in [0.3, 0.4) is 0 Å². The number of anilines is 5. The first-order valence-electron chi connectivity index (χ1n) is 12.5. The molecule has 0 unspecified atom stereocenters. The van der Waals surface area contributed by atoms with Crippen molar-refractivity contribution in [3.63, 3.8) is 0 Å². The Balaban J connectivity index is 1.39. The zero-order valence-electron chi connectivity index (χ0n) is 21.0. The van der Waals surface area contributed by atoms with Gasteiger partial charge in [-0.05, 0) is 43.5 Å². The fourth-order valence-electron chi connectivity index (χ4n) is 4.61. The Labute approximate surface area is 218 Å². The number of hydrogen-bond donors (Lipinski definition) is 1. The number of ether oxygens (including phenoxy) is 1. The highest BCUT2D eigenvalue weighted by Gasteiger charge is 2.19. The highest BCUT2D eigenvalue weighted by molar-refractivity contribution is 6.29. The van der Waals surface area contributed by atoms with Gasteiger partial charge in [0.15, 0.2) is 0 Å². The lowest BCUT2D eigenvalue weighted by Gasteiger charge is -2.35. The third kappa shape index (κ3) is 6.00. The zero-order valence-corrected chi connectivity index (χ0v) is 21.8. The van der Waals surface area contributed by atoms with Gasteiger partial charge in [0.25, 0.3) is 0 Å². The molecule has 2 aromatic rings. The number of aromatic nitrogens is 2. The molecule has 9 heteroatoms. The van der Waals surface area contributed by atoms with Gasteiger partial charge in [0.2, 0.25) is 5.95 Å². The van der Waals surface area contributed by atoms with Crippen LogP contribution in [0.5, 0.6) is 0 Å². The van der Waals surface area contributed by atoms with E-state index in [0.29, 0.717) is 12.4 Å². The van der Waals surface area contributed by atoms with Crippen LogP contribution in [0.15, 0.2) is 65.5 Å². The second-order valence-corrected chi connectivity index (χ2v) is 9.84. The van der Waals surface area contributed by atoms with Crippen molar-refractivity contribution in [2.45, 2.75) is 6.42 Å². The number of rotatable bonds is 6. The van der Waals surface area contributed by atoms with Crippen LogP contribution in [0.1, 0.15) is 6.42 Å². The number of nitrogens with zero attached hydrogens (tertiary/aromatic N) is 6. The van der Waals surface area contributed by atoms with Crippen molar-refractivity contribution in [1.82, 2.24) is 14.9 Å². The summed E-state index contributed by atoms with van der Waals surface area (Å²) in [5, 5.41) is 4.29. The molecule has 8 nitrogen and oxygen atoms in total. The highest BCUT2D eigenvalue weighted by atomic mass is 35.5. The first-order chi connectivity index (χ1) is 17.5. The highest BCUT2D eigenvalue weighted by Crippen LogP contribution is 2.31. The van der Waals surface area contributed by atoms with Crippen LogP contribution in [0, 0.1) is 0 Å². The first-order valence-corrected chi connectivity index (χ1v) is 12.9. The number of nitrogens with one attached hydrogen (secondary N) is 1. The van der Waals surface area contributed by atoms with Crippen LogP contribution < -0.4 is 20.0 Å². The third-order valence-electron chi connectivity index (χ3n) is 6.83. The summed E-state index contributed by atoms with van der Waals surface area (Å²) in [4.78, 5) is 18.6. The Morgan fingerprint density at radius 3 is 2.47 bits per heavy atom. The van der Waals surface area contributed by atoms with E-state index in [1.54, 1.807) is 6.20 Å². The first kappa shape index (κ1) is 24.6. The lowest BCUT2D eigenvalue weighted by molar-refractivity contribution is 0.122. The van der Waals surface area contributed by atoms with E-state index in [1.807, 2.05) is 36.2 Å². The van der Waals surface area contributed by atoms with Crippen LogP contribution >= 0.6 is 11.6 Å². The number of piperazine rings is 1. The van der Waals surface area contributed by atoms with Gasteiger partial charge >= 0.3 is 0 Å². The van der Waals surface area contributed by atoms with Gasteiger partial charge in [-0.15, -0.1) is 0 Å². The molecule has 3 aliphatic rings. The number of allylic oxidation sites excluding steroid dienone is 5. The number of morpholine rings is 1. The van der Waals surface area contributed by atoms with Crippen LogP contribution in [0.2, 0.25) is 0 Å². The molecular formula is C27H34ClN7O. The summed E-state index contributed by atoms with van der Waals surface area (Å²) in [6.07, 6.45) is 10.5. The predicted octanol–water partition coefficient (Wildman–Crippen LogP) is 4.21. The Kier molecular flexibility index (Phi) is 7.75. The zero-order chi connectivity index (χ0) is 24.9. The van der Waals surface area contributed by atoms with Crippen LogP contribution in [-0.4, -0.2) is 81.4 Å². The van der Waals surface area contributed by atoms with E-state index in [4.69, 9.17) is 21.3 Å². The number of likely N-dealkylation sites (N-methyl/N-ethyl adjacent to an activating group) is 2. The van der Waals surface area contributed by atoms with Gasteiger partial charge in [-0.25, -0.2) is 4.98 Å². The topological polar surface area (TPSA) is 60.0 Å². The Morgan fingerprint density at radius 2 is 1.72 bits per heavy atom.